The molecule has 2 aromatic carbocycles. The number of amides is 2. The maximum Gasteiger partial charge on any atom is 0.254 e. The summed E-state index contributed by atoms with van der Waals surface area (Å²) in [6.45, 7) is 3.46. The van der Waals surface area contributed by atoms with Gasteiger partial charge in [0.2, 0.25) is 0 Å². The van der Waals surface area contributed by atoms with E-state index >= 15 is 0 Å². The molecule has 146 valence electrons. The van der Waals surface area contributed by atoms with Crippen LogP contribution in [0.5, 0.6) is 0 Å². The minimum absolute atomic E-state index is 0.103. The van der Waals surface area contributed by atoms with Gasteiger partial charge in [0.1, 0.15) is 11.4 Å². The van der Waals surface area contributed by atoms with Gasteiger partial charge in [-0.1, -0.05) is 30.3 Å². The summed E-state index contributed by atoms with van der Waals surface area (Å²) in [5.41, 5.74) is 1.21. The summed E-state index contributed by atoms with van der Waals surface area (Å²) in [4.78, 5) is 28.3. The lowest BCUT2D eigenvalue weighted by Crippen LogP contribution is -2.53. The minimum Gasteiger partial charge on any atom is -0.380 e. The van der Waals surface area contributed by atoms with E-state index in [1.165, 1.54) is 0 Å². The number of hydrogen-bond acceptors (Lipinski definition) is 3. The summed E-state index contributed by atoms with van der Waals surface area (Å²) in [5, 5.41) is 9.96. The van der Waals surface area contributed by atoms with E-state index in [0.717, 1.165) is 5.56 Å². The third-order valence-corrected chi connectivity index (χ3v) is 5.61. The number of halogens is 1. The van der Waals surface area contributed by atoms with Crippen LogP contribution in [0.25, 0.3) is 11.1 Å². The van der Waals surface area contributed by atoms with Crippen molar-refractivity contribution in [3.63, 3.8) is 0 Å². The molecule has 2 amide bonds. The highest BCUT2D eigenvalue weighted by Gasteiger charge is 2.50. The Kier molecular flexibility index (Phi) is 4.67. The van der Waals surface area contributed by atoms with E-state index in [9.17, 15) is 19.1 Å². The Hall–Kier alpha value is -2.73. The van der Waals surface area contributed by atoms with Crippen LogP contribution in [0.2, 0.25) is 0 Å². The number of carbonyl (C=O) groups is 2. The molecule has 0 bridgehead atoms. The van der Waals surface area contributed by atoms with Gasteiger partial charge in [-0.05, 0) is 43.0 Å². The Balaban J connectivity index is 1.42. The zero-order valence-corrected chi connectivity index (χ0v) is 15.8. The second-order valence-electron chi connectivity index (χ2n) is 7.63. The van der Waals surface area contributed by atoms with E-state index < -0.39 is 5.60 Å². The van der Waals surface area contributed by atoms with E-state index in [-0.39, 0.29) is 17.6 Å². The monoisotopic (exact) mass is 382 g/mol. The molecule has 1 N–H and O–H groups in total. The molecule has 28 heavy (non-hydrogen) atoms. The van der Waals surface area contributed by atoms with E-state index in [2.05, 4.69) is 0 Å². The molecule has 1 saturated heterocycles. The topological polar surface area (TPSA) is 60.9 Å². The molecule has 6 heteroatoms. The highest BCUT2D eigenvalue weighted by molar-refractivity contribution is 5.95. The Morgan fingerprint density at radius 3 is 2.18 bits per heavy atom. The predicted octanol–water partition coefficient (Wildman–Crippen LogP) is 2.61. The van der Waals surface area contributed by atoms with Gasteiger partial charge < -0.3 is 14.9 Å². The first-order valence-electron chi connectivity index (χ1n) is 9.56. The SMILES string of the molecule is Cc1cccc(-c2ccc(C(=O)N3CCN(C(=O)C4(O)CC4)CC3)cc2)c1F. The van der Waals surface area contributed by atoms with Crippen LogP contribution >= 0.6 is 0 Å². The largest absolute Gasteiger partial charge is 0.380 e. The molecule has 1 aliphatic heterocycles. The molecule has 0 spiro atoms. The second-order valence-corrected chi connectivity index (χ2v) is 7.63. The number of hydrogen-bond donors (Lipinski definition) is 1. The lowest BCUT2D eigenvalue weighted by molar-refractivity contribution is -0.143. The molecule has 0 radical (unpaired) electrons. The van der Waals surface area contributed by atoms with Crippen molar-refractivity contribution in [3.8, 4) is 11.1 Å². The van der Waals surface area contributed by atoms with Crippen LogP contribution < -0.4 is 0 Å². The van der Waals surface area contributed by atoms with Crippen LogP contribution in [0, 0.1) is 12.7 Å². The van der Waals surface area contributed by atoms with Crippen LogP contribution in [-0.2, 0) is 4.79 Å². The number of aliphatic hydroxyl groups is 1. The highest BCUT2D eigenvalue weighted by atomic mass is 19.1. The molecule has 1 aliphatic carbocycles. The molecule has 4 rings (SSSR count). The van der Waals surface area contributed by atoms with Gasteiger partial charge in [0, 0.05) is 37.3 Å². The first kappa shape index (κ1) is 18.6. The summed E-state index contributed by atoms with van der Waals surface area (Å²) in [6.07, 6.45) is 1.05. The van der Waals surface area contributed by atoms with Gasteiger partial charge in [-0.25, -0.2) is 4.39 Å². The number of carbonyl (C=O) groups excluding carboxylic acids is 2. The van der Waals surface area contributed by atoms with Crippen LogP contribution in [0.4, 0.5) is 4.39 Å². The number of benzene rings is 2. The molecular formula is C22H23FN2O3. The first-order valence-corrected chi connectivity index (χ1v) is 9.56. The van der Waals surface area contributed by atoms with Gasteiger partial charge in [-0.15, -0.1) is 0 Å². The van der Waals surface area contributed by atoms with Crippen molar-refractivity contribution in [1.82, 2.24) is 9.80 Å². The van der Waals surface area contributed by atoms with Gasteiger partial charge in [0.05, 0.1) is 0 Å². The quantitative estimate of drug-likeness (QED) is 0.888. The maximum absolute atomic E-state index is 14.3. The third kappa shape index (κ3) is 3.40. The zero-order valence-electron chi connectivity index (χ0n) is 15.8. The van der Waals surface area contributed by atoms with Crippen molar-refractivity contribution in [2.75, 3.05) is 26.2 Å². The Labute approximate surface area is 163 Å². The number of nitrogens with zero attached hydrogens (tertiary/aromatic N) is 2. The lowest BCUT2D eigenvalue weighted by atomic mass is 10.0. The van der Waals surface area contributed by atoms with Crippen molar-refractivity contribution >= 4 is 11.8 Å². The molecule has 2 aliphatic rings. The number of piperazine rings is 1. The molecule has 0 unspecified atom stereocenters. The number of aryl methyl sites for hydroxylation is 1. The smallest absolute Gasteiger partial charge is 0.254 e. The Morgan fingerprint density at radius 2 is 1.57 bits per heavy atom. The Morgan fingerprint density at radius 1 is 0.964 bits per heavy atom. The predicted molar refractivity (Wildman–Crippen MR) is 103 cm³/mol. The molecule has 5 nitrogen and oxygen atoms in total. The van der Waals surface area contributed by atoms with Gasteiger partial charge in [-0.3, -0.25) is 9.59 Å². The van der Waals surface area contributed by atoms with Crippen molar-refractivity contribution in [2.45, 2.75) is 25.4 Å². The fourth-order valence-corrected chi connectivity index (χ4v) is 3.58. The molecular weight excluding hydrogens is 359 g/mol. The van der Waals surface area contributed by atoms with Gasteiger partial charge in [0.25, 0.3) is 11.8 Å². The van der Waals surface area contributed by atoms with E-state index in [1.807, 2.05) is 6.07 Å². The molecule has 1 saturated carbocycles. The molecule has 2 aromatic rings. The standard InChI is InChI=1S/C22H23FN2O3/c1-15-3-2-4-18(19(15)23)16-5-7-17(8-6-16)20(26)24-11-13-25(14-12-24)21(27)22(28)9-10-22/h2-8,28H,9-14H2,1H3. The molecule has 1 heterocycles. The molecule has 2 fully saturated rings. The summed E-state index contributed by atoms with van der Waals surface area (Å²) in [6, 6.07) is 12.2. The summed E-state index contributed by atoms with van der Waals surface area (Å²) in [7, 11) is 0. The average molecular weight is 382 g/mol. The van der Waals surface area contributed by atoms with Crippen LogP contribution in [0.3, 0.4) is 0 Å². The first-order chi connectivity index (χ1) is 13.4. The van der Waals surface area contributed by atoms with Crippen molar-refractivity contribution in [1.29, 1.82) is 0 Å². The summed E-state index contributed by atoms with van der Waals surface area (Å²) >= 11 is 0. The normalized spacial score (nSPS) is 18.1. The van der Waals surface area contributed by atoms with E-state index in [0.29, 0.717) is 55.7 Å². The highest BCUT2D eigenvalue weighted by Crippen LogP contribution is 2.37. The van der Waals surface area contributed by atoms with Crippen LogP contribution in [-0.4, -0.2) is 58.5 Å². The van der Waals surface area contributed by atoms with Gasteiger partial charge in [-0.2, -0.15) is 0 Å². The molecule has 0 atom stereocenters. The van der Waals surface area contributed by atoms with Gasteiger partial charge >= 0.3 is 0 Å². The van der Waals surface area contributed by atoms with Gasteiger partial charge in [0.15, 0.2) is 0 Å². The lowest BCUT2D eigenvalue weighted by Gasteiger charge is -2.35. The van der Waals surface area contributed by atoms with Crippen molar-refractivity contribution in [3.05, 3.63) is 59.4 Å². The van der Waals surface area contributed by atoms with Crippen molar-refractivity contribution in [2.24, 2.45) is 0 Å². The van der Waals surface area contributed by atoms with Crippen LogP contribution in [0.1, 0.15) is 28.8 Å². The molecule has 0 aromatic heterocycles. The maximum atomic E-state index is 14.3. The Bertz CT molecular complexity index is 914. The fraction of sp³-hybridized carbons (Fsp3) is 0.364. The summed E-state index contributed by atoms with van der Waals surface area (Å²) < 4.78 is 14.3. The zero-order chi connectivity index (χ0) is 19.9. The van der Waals surface area contributed by atoms with E-state index in [1.54, 1.807) is 53.1 Å². The van der Waals surface area contributed by atoms with Crippen LogP contribution in [0.15, 0.2) is 42.5 Å². The fourth-order valence-electron chi connectivity index (χ4n) is 3.58. The third-order valence-electron chi connectivity index (χ3n) is 5.61. The van der Waals surface area contributed by atoms with E-state index in [4.69, 9.17) is 0 Å². The average Bonchev–Trinajstić information content (AvgIpc) is 3.48. The second kappa shape index (κ2) is 7.02. The number of rotatable bonds is 3. The minimum atomic E-state index is -1.16. The summed E-state index contributed by atoms with van der Waals surface area (Å²) in [5.74, 6) is -0.572. The van der Waals surface area contributed by atoms with Crippen molar-refractivity contribution < 1.29 is 19.1 Å².